The lowest BCUT2D eigenvalue weighted by molar-refractivity contribution is 0.241. The van der Waals surface area contributed by atoms with Crippen LogP contribution in [0.4, 0.5) is 9.18 Å². The molecule has 2 aromatic rings. The van der Waals surface area contributed by atoms with E-state index in [1.54, 1.807) is 11.4 Å². The highest BCUT2D eigenvalue weighted by atomic mass is 32.2. The molecule has 0 saturated carbocycles. The quantitative estimate of drug-likeness (QED) is 0.786. The lowest BCUT2D eigenvalue weighted by Gasteiger charge is -2.18. The molecule has 0 aliphatic carbocycles. The summed E-state index contributed by atoms with van der Waals surface area (Å²) in [4.78, 5) is 11.7. The van der Waals surface area contributed by atoms with Crippen molar-refractivity contribution in [2.75, 3.05) is 13.1 Å². The maximum Gasteiger partial charge on any atom is 0.314 e. The highest BCUT2D eigenvalue weighted by Gasteiger charge is 2.30. The van der Waals surface area contributed by atoms with Crippen molar-refractivity contribution in [2.24, 2.45) is 0 Å². The fourth-order valence-electron chi connectivity index (χ4n) is 2.14. The van der Waals surface area contributed by atoms with Gasteiger partial charge < -0.3 is 10.6 Å². The van der Waals surface area contributed by atoms with E-state index in [0.717, 1.165) is 17.8 Å². The first kappa shape index (κ1) is 18.4. The van der Waals surface area contributed by atoms with Gasteiger partial charge in [0.05, 0.1) is 0 Å². The van der Waals surface area contributed by atoms with E-state index in [1.807, 2.05) is 6.92 Å². The Bertz CT molecular complexity index is 759. The molecule has 1 atom stereocenters. The molecule has 0 bridgehead atoms. The number of hydrogen-bond acceptors (Lipinski definition) is 4. The molecular weight excluding hydrogens is 351 g/mol. The summed E-state index contributed by atoms with van der Waals surface area (Å²) in [5, 5.41) is 5.91. The third-order valence-electron chi connectivity index (χ3n) is 3.38. The van der Waals surface area contributed by atoms with Crippen molar-refractivity contribution in [2.45, 2.75) is 22.8 Å². The van der Waals surface area contributed by atoms with Crippen molar-refractivity contribution in [3.63, 3.8) is 0 Å². The number of carbonyl (C=O) groups excluding carboxylic acids is 1. The van der Waals surface area contributed by atoms with Gasteiger partial charge in [-0.25, -0.2) is 17.6 Å². The summed E-state index contributed by atoms with van der Waals surface area (Å²) in [5.41, 5.74) is 0.431. The Morgan fingerprint density at radius 3 is 2.50 bits per heavy atom. The van der Waals surface area contributed by atoms with E-state index in [-0.39, 0.29) is 10.8 Å². The van der Waals surface area contributed by atoms with Gasteiger partial charge in [0.15, 0.2) is 9.84 Å². The number of amides is 2. The van der Waals surface area contributed by atoms with Crippen LogP contribution in [0, 0.1) is 5.82 Å². The zero-order valence-corrected chi connectivity index (χ0v) is 14.8. The number of rotatable bonds is 7. The van der Waals surface area contributed by atoms with Gasteiger partial charge in [-0.15, -0.1) is 11.3 Å². The van der Waals surface area contributed by atoms with E-state index in [2.05, 4.69) is 10.6 Å². The van der Waals surface area contributed by atoms with Gasteiger partial charge in [0.25, 0.3) is 0 Å². The lowest BCUT2D eigenvalue weighted by Crippen LogP contribution is -2.39. The summed E-state index contributed by atoms with van der Waals surface area (Å²) in [7, 11) is -3.69. The van der Waals surface area contributed by atoms with Crippen molar-refractivity contribution in [3.8, 4) is 0 Å². The average molecular weight is 370 g/mol. The standard InChI is InChI=1S/C16H19FN2O3S2/c1-2-9-18-16(20)19-11-14(12-5-7-13(17)8-6-12)24(21,22)15-4-3-10-23-15/h3-8,10,14H,2,9,11H2,1H3,(H2,18,19,20)/t14-/m1/s1. The topological polar surface area (TPSA) is 75.3 Å². The van der Waals surface area contributed by atoms with Gasteiger partial charge in [-0.2, -0.15) is 0 Å². The zero-order valence-electron chi connectivity index (χ0n) is 13.2. The summed E-state index contributed by atoms with van der Waals surface area (Å²) in [6, 6.07) is 8.03. The van der Waals surface area contributed by atoms with Gasteiger partial charge >= 0.3 is 6.03 Å². The number of nitrogens with one attached hydrogen (secondary N) is 2. The molecule has 2 N–H and O–H groups in total. The van der Waals surface area contributed by atoms with Crippen LogP contribution in [0.25, 0.3) is 0 Å². The summed E-state index contributed by atoms with van der Waals surface area (Å²) in [6.45, 7) is 2.33. The van der Waals surface area contributed by atoms with Crippen LogP contribution in [0.15, 0.2) is 46.0 Å². The second kappa shape index (κ2) is 8.25. The maximum atomic E-state index is 13.1. The molecule has 130 valence electrons. The monoisotopic (exact) mass is 370 g/mol. The van der Waals surface area contributed by atoms with Crippen LogP contribution in [0.3, 0.4) is 0 Å². The van der Waals surface area contributed by atoms with E-state index in [9.17, 15) is 17.6 Å². The third-order valence-corrected chi connectivity index (χ3v) is 6.91. The Hall–Kier alpha value is -1.93. The molecule has 0 radical (unpaired) electrons. The van der Waals surface area contributed by atoms with Crippen LogP contribution in [0.5, 0.6) is 0 Å². The third kappa shape index (κ3) is 4.55. The van der Waals surface area contributed by atoms with E-state index in [0.29, 0.717) is 12.1 Å². The van der Waals surface area contributed by atoms with Gasteiger partial charge in [0.2, 0.25) is 0 Å². The van der Waals surface area contributed by atoms with E-state index in [4.69, 9.17) is 0 Å². The minimum Gasteiger partial charge on any atom is -0.338 e. The van der Waals surface area contributed by atoms with E-state index < -0.39 is 26.9 Å². The predicted octanol–water partition coefficient (Wildman–Crippen LogP) is 3.11. The fourth-order valence-corrected chi connectivity index (χ4v) is 5.00. The number of carbonyl (C=O) groups is 1. The molecule has 0 spiro atoms. The van der Waals surface area contributed by atoms with Crippen molar-refractivity contribution in [1.29, 1.82) is 0 Å². The van der Waals surface area contributed by atoms with E-state index in [1.165, 1.54) is 30.3 Å². The summed E-state index contributed by atoms with van der Waals surface area (Å²) >= 11 is 1.11. The highest BCUT2D eigenvalue weighted by molar-refractivity contribution is 7.93. The van der Waals surface area contributed by atoms with E-state index >= 15 is 0 Å². The number of sulfone groups is 1. The molecule has 5 nitrogen and oxygen atoms in total. The maximum absolute atomic E-state index is 13.1. The largest absolute Gasteiger partial charge is 0.338 e. The van der Waals surface area contributed by atoms with Crippen molar-refractivity contribution in [3.05, 3.63) is 53.2 Å². The normalized spacial score (nSPS) is 12.6. The van der Waals surface area contributed by atoms with Crippen molar-refractivity contribution in [1.82, 2.24) is 10.6 Å². The molecule has 1 heterocycles. The Balaban J connectivity index is 2.25. The zero-order chi connectivity index (χ0) is 17.6. The number of halogens is 1. The molecule has 1 aromatic carbocycles. The van der Waals surface area contributed by atoms with Crippen LogP contribution in [0.1, 0.15) is 24.2 Å². The van der Waals surface area contributed by atoms with Gasteiger partial charge in [0.1, 0.15) is 15.3 Å². The Kier molecular flexibility index (Phi) is 6.33. The number of urea groups is 1. The molecule has 8 heteroatoms. The minimum atomic E-state index is -3.69. The SMILES string of the molecule is CCCNC(=O)NC[C@H](c1ccc(F)cc1)S(=O)(=O)c1cccs1. The van der Waals surface area contributed by atoms with Crippen LogP contribution in [-0.2, 0) is 9.84 Å². The molecule has 0 aliphatic heterocycles. The van der Waals surface area contributed by atoms with Gasteiger partial charge in [0, 0.05) is 13.1 Å². The number of hydrogen-bond donors (Lipinski definition) is 2. The Labute approximate surface area is 144 Å². The number of thiophene rings is 1. The lowest BCUT2D eigenvalue weighted by atomic mass is 10.1. The minimum absolute atomic E-state index is 0.0958. The van der Waals surface area contributed by atoms with Gasteiger partial charge in [-0.3, -0.25) is 0 Å². The molecule has 0 fully saturated rings. The van der Waals surface area contributed by atoms with Gasteiger partial charge in [-0.1, -0.05) is 25.1 Å². The molecule has 0 aliphatic rings. The average Bonchev–Trinajstić information content (AvgIpc) is 3.10. The van der Waals surface area contributed by atoms with Crippen LogP contribution >= 0.6 is 11.3 Å². The summed E-state index contributed by atoms with van der Waals surface area (Å²) in [5.74, 6) is -0.445. The molecule has 24 heavy (non-hydrogen) atoms. The van der Waals surface area contributed by atoms with Crippen molar-refractivity contribution >= 4 is 27.2 Å². The number of benzene rings is 1. The Morgan fingerprint density at radius 2 is 1.92 bits per heavy atom. The Morgan fingerprint density at radius 1 is 1.21 bits per heavy atom. The first-order valence-electron chi connectivity index (χ1n) is 7.49. The predicted molar refractivity (Wildman–Crippen MR) is 92.3 cm³/mol. The first-order valence-corrected chi connectivity index (χ1v) is 9.92. The molecular formula is C16H19FN2O3S2. The second-order valence-electron chi connectivity index (χ2n) is 5.15. The van der Waals surface area contributed by atoms with Gasteiger partial charge in [-0.05, 0) is 35.6 Å². The van der Waals surface area contributed by atoms with Crippen LogP contribution in [-0.4, -0.2) is 27.5 Å². The van der Waals surface area contributed by atoms with Crippen LogP contribution < -0.4 is 10.6 Å². The summed E-state index contributed by atoms with van der Waals surface area (Å²) in [6.07, 6.45) is 0.780. The highest BCUT2D eigenvalue weighted by Crippen LogP contribution is 2.31. The molecule has 0 saturated heterocycles. The second-order valence-corrected chi connectivity index (χ2v) is 8.46. The van der Waals surface area contributed by atoms with Crippen LogP contribution in [0.2, 0.25) is 0 Å². The summed E-state index contributed by atoms with van der Waals surface area (Å²) < 4.78 is 39.1. The molecule has 1 aromatic heterocycles. The smallest absolute Gasteiger partial charge is 0.314 e. The first-order chi connectivity index (χ1) is 11.4. The fraction of sp³-hybridized carbons (Fsp3) is 0.312. The molecule has 2 rings (SSSR count). The molecule has 0 unspecified atom stereocenters. The molecule has 2 amide bonds. The van der Waals surface area contributed by atoms with Crippen molar-refractivity contribution < 1.29 is 17.6 Å².